The lowest BCUT2D eigenvalue weighted by Gasteiger charge is -2.33. The van der Waals surface area contributed by atoms with E-state index in [0.29, 0.717) is 30.8 Å². The summed E-state index contributed by atoms with van der Waals surface area (Å²) in [5.41, 5.74) is 0.245. The van der Waals surface area contributed by atoms with Crippen molar-refractivity contribution in [3.05, 3.63) is 23.8 Å². The fourth-order valence-electron chi connectivity index (χ4n) is 2.92. The van der Waals surface area contributed by atoms with Gasteiger partial charge in [0.15, 0.2) is 11.5 Å². The third kappa shape index (κ3) is 4.09. The monoisotopic (exact) mass is 331 g/mol. The molecule has 2 atom stereocenters. The van der Waals surface area contributed by atoms with Gasteiger partial charge in [-0.1, -0.05) is 12.8 Å². The molecule has 1 N–H and O–H groups in total. The predicted molar refractivity (Wildman–Crippen MR) is 78.8 cm³/mol. The van der Waals surface area contributed by atoms with Gasteiger partial charge in [-0.15, -0.1) is 0 Å². The molecule has 128 valence electrons. The molecule has 0 aliphatic heterocycles. The van der Waals surface area contributed by atoms with Crippen molar-refractivity contribution in [3.8, 4) is 11.5 Å². The number of nitrogens with one attached hydrogen (secondary N) is 1. The van der Waals surface area contributed by atoms with Gasteiger partial charge in [-0.05, 0) is 31.0 Å². The lowest BCUT2D eigenvalue weighted by Crippen LogP contribution is -2.47. The molecular formula is C16H20F3NO3. The van der Waals surface area contributed by atoms with Crippen molar-refractivity contribution in [1.82, 2.24) is 5.32 Å². The Morgan fingerprint density at radius 1 is 1.13 bits per heavy atom. The summed E-state index contributed by atoms with van der Waals surface area (Å²) < 4.78 is 49.4. The van der Waals surface area contributed by atoms with Gasteiger partial charge in [-0.2, -0.15) is 13.2 Å². The quantitative estimate of drug-likeness (QED) is 0.918. The van der Waals surface area contributed by atoms with E-state index in [2.05, 4.69) is 5.32 Å². The standard InChI is InChI=1S/C16H20F3NO3/c1-22-13-8-7-10(9-14(13)23-2)15(21)20-12-6-4-3-5-11(12)16(17,18)19/h7-9,11-12H,3-6H2,1-2H3,(H,20,21). The molecule has 4 nitrogen and oxygen atoms in total. The van der Waals surface area contributed by atoms with E-state index in [1.54, 1.807) is 6.07 Å². The number of methoxy groups -OCH3 is 2. The minimum absolute atomic E-state index is 0.0559. The first kappa shape index (κ1) is 17.4. The van der Waals surface area contributed by atoms with E-state index in [-0.39, 0.29) is 12.0 Å². The van der Waals surface area contributed by atoms with Crippen LogP contribution in [0.4, 0.5) is 13.2 Å². The van der Waals surface area contributed by atoms with Gasteiger partial charge in [-0.25, -0.2) is 0 Å². The molecule has 1 aromatic rings. The van der Waals surface area contributed by atoms with Crippen LogP contribution >= 0.6 is 0 Å². The zero-order valence-electron chi connectivity index (χ0n) is 13.1. The summed E-state index contributed by atoms with van der Waals surface area (Å²) in [4.78, 5) is 12.3. The van der Waals surface area contributed by atoms with Crippen LogP contribution in [0.1, 0.15) is 36.0 Å². The molecule has 0 aromatic heterocycles. The number of hydrogen-bond donors (Lipinski definition) is 1. The van der Waals surface area contributed by atoms with Crippen LogP contribution in [0.25, 0.3) is 0 Å². The van der Waals surface area contributed by atoms with Crippen LogP contribution in [-0.2, 0) is 0 Å². The Morgan fingerprint density at radius 3 is 2.39 bits per heavy atom. The average molecular weight is 331 g/mol. The van der Waals surface area contributed by atoms with Crippen molar-refractivity contribution < 1.29 is 27.4 Å². The fourth-order valence-corrected chi connectivity index (χ4v) is 2.92. The number of ether oxygens (including phenoxy) is 2. The van der Waals surface area contributed by atoms with E-state index in [0.717, 1.165) is 0 Å². The molecule has 0 bridgehead atoms. The Bertz CT molecular complexity index is 560. The Hall–Kier alpha value is -1.92. The molecule has 2 unspecified atom stereocenters. The number of benzene rings is 1. The largest absolute Gasteiger partial charge is 0.493 e. The van der Waals surface area contributed by atoms with Crippen molar-refractivity contribution in [1.29, 1.82) is 0 Å². The van der Waals surface area contributed by atoms with Crippen molar-refractivity contribution >= 4 is 5.91 Å². The molecule has 1 aromatic carbocycles. The lowest BCUT2D eigenvalue weighted by atomic mass is 9.84. The zero-order chi connectivity index (χ0) is 17.0. The highest BCUT2D eigenvalue weighted by Gasteiger charge is 2.46. The number of halogens is 3. The number of alkyl halides is 3. The minimum Gasteiger partial charge on any atom is -0.493 e. The second-order valence-electron chi connectivity index (χ2n) is 5.58. The first-order valence-electron chi connectivity index (χ1n) is 7.46. The van der Waals surface area contributed by atoms with Crippen molar-refractivity contribution in [2.24, 2.45) is 5.92 Å². The Labute approximate surface area is 133 Å². The Balaban J connectivity index is 2.14. The topological polar surface area (TPSA) is 47.6 Å². The second kappa shape index (κ2) is 7.10. The maximum absolute atomic E-state index is 13.1. The number of hydrogen-bond acceptors (Lipinski definition) is 3. The summed E-state index contributed by atoms with van der Waals surface area (Å²) in [6.07, 6.45) is -2.68. The average Bonchev–Trinajstić information content (AvgIpc) is 2.53. The predicted octanol–water partition coefficient (Wildman–Crippen LogP) is 3.55. The van der Waals surface area contributed by atoms with E-state index >= 15 is 0 Å². The van der Waals surface area contributed by atoms with Gasteiger partial charge < -0.3 is 14.8 Å². The van der Waals surface area contributed by atoms with Crippen LogP contribution in [0.5, 0.6) is 11.5 Å². The summed E-state index contributed by atoms with van der Waals surface area (Å²) in [6.45, 7) is 0. The summed E-state index contributed by atoms with van der Waals surface area (Å²) in [6, 6.07) is 3.63. The van der Waals surface area contributed by atoms with E-state index < -0.39 is 24.0 Å². The maximum atomic E-state index is 13.1. The van der Waals surface area contributed by atoms with Crippen molar-refractivity contribution in [2.45, 2.75) is 37.9 Å². The van der Waals surface area contributed by atoms with E-state index in [9.17, 15) is 18.0 Å². The fraction of sp³-hybridized carbons (Fsp3) is 0.562. The van der Waals surface area contributed by atoms with E-state index in [1.165, 1.54) is 26.4 Å². The first-order valence-corrected chi connectivity index (χ1v) is 7.46. The smallest absolute Gasteiger partial charge is 0.393 e. The molecule has 0 spiro atoms. The highest BCUT2D eigenvalue weighted by Crippen LogP contribution is 2.38. The zero-order valence-corrected chi connectivity index (χ0v) is 13.1. The molecule has 1 saturated carbocycles. The van der Waals surface area contributed by atoms with Gasteiger partial charge in [0.25, 0.3) is 5.91 Å². The number of rotatable bonds is 4. The molecule has 1 aliphatic rings. The third-order valence-corrected chi connectivity index (χ3v) is 4.15. The van der Waals surface area contributed by atoms with Gasteiger partial charge in [0.05, 0.1) is 20.1 Å². The normalized spacial score (nSPS) is 21.6. The Kier molecular flexibility index (Phi) is 5.38. The SMILES string of the molecule is COc1ccc(C(=O)NC2CCCCC2C(F)(F)F)cc1OC. The van der Waals surface area contributed by atoms with Gasteiger partial charge in [0, 0.05) is 11.6 Å². The van der Waals surface area contributed by atoms with Crippen LogP contribution < -0.4 is 14.8 Å². The third-order valence-electron chi connectivity index (χ3n) is 4.15. The molecule has 0 heterocycles. The summed E-state index contributed by atoms with van der Waals surface area (Å²) in [7, 11) is 2.90. The molecule has 1 amide bonds. The summed E-state index contributed by atoms with van der Waals surface area (Å²) in [5.74, 6) is -1.21. The number of amides is 1. The molecule has 23 heavy (non-hydrogen) atoms. The lowest BCUT2D eigenvalue weighted by molar-refractivity contribution is -0.187. The van der Waals surface area contributed by atoms with E-state index in [1.807, 2.05) is 0 Å². The number of carbonyl (C=O) groups is 1. The maximum Gasteiger partial charge on any atom is 0.393 e. The summed E-state index contributed by atoms with van der Waals surface area (Å²) in [5, 5.41) is 2.53. The highest BCUT2D eigenvalue weighted by atomic mass is 19.4. The van der Waals surface area contributed by atoms with Crippen LogP contribution in [0.15, 0.2) is 18.2 Å². The van der Waals surface area contributed by atoms with Gasteiger partial charge in [-0.3, -0.25) is 4.79 Å². The molecule has 2 rings (SSSR count). The van der Waals surface area contributed by atoms with Gasteiger partial charge >= 0.3 is 6.18 Å². The van der Waals surface area contributed by atoms with Crippen LogP contribution in [-0.4, -0.2) is 32.3 Å². The van der Waals surface area contributed by atoms with Gasteiger partial charge in [0.2, 0.25) is 0 Å². The molecule has 0 saturated heterocycles. The summed E-state index contributed by atoms with van der Waals surface area (Å²) >= 11 is 0. The van der Waals surface area contributed by atoms with Crippen LogP contribution in [0.3, 0.4) is 0 Å². The highest BCUT2D eigenvalue weighted by molar-refractivity contribution is 5.95. The van der Waals surface area contributed by atoms with Crippen LogP contribution in [0, 0.1) is 5.92 Å². The Morgan fingerprint density at radius 2 is 1.78 bits per heavy atom. The molecule has 1 aliphatic carbocycles. The first-order chi connectivity index (χ1) is 10.9. The van der Waals surface area contributed by atoms with Crippen molar-refractivity contribution in [2.75, 3.05) is 14.2 Å². The van der Waals surface area contributed by atoms with Gasteiger partial charge in [0.1, 0.15) is 0 Å². The molecular weight excluding hydrogens is 311 g/mol. The van der Waals surface area contributed by atoms with Crippen molar-refractivity contribution in [3.63, 3.8) is 0 Å². The minimum atomic E-state index is -4.30. The molecule has 1 fully saturated rings. The van der Waals surface area contributed by atoms with E-state index in [4.69, 9.17) is 9.47 Å². The van der Waals surface area contributed by atoms with Crippen LogP contribution in [0.2, 0.25) is 0 Å². The number of carbonyl (C=O) groups excluding carboxylic acids is 1. The second-order valence-corrected chi connectivity index (χ2v) is 5.58. The molecule has 7 heteroatoms. The molecule has 0 radical (unpaired) electrons.